The highest BCUT2D eigenvalue weighted by Gasteiger charge is 2.18. The zero-order chi connectivity index (χ0) is 15.3. The summed E-state index contributed by atoms with van der Waals surface area (Å²) < 4.78 is 6.08. The van der Waals surface area contributed by atoms with Crippen molar-refractivity contribution in [3.63, 3.8) is 0 Å². The lowest BCUT2D eigenvalue weighted by Gasteiger charge is -2.18. The molecular formula is C13H17IN2O4. The van der Waals surface area contributed by atoms with Gasteiger partial charge in [-0.1, -0.05) is 0 Å². The average Bonchev–Trinajstić information content (AvgIpc) is 2.37. The molecule has 1 aromatic rings. The van der Waals surface area contributed by atoms with Crippen molar-refractivity contribution in [1.29, 1.82) is 0 Å². The van der Waals surface area contributed by atoms with Crippen LogP contribution in [0.5, 0.6) is 0 Å². The van der Waals surface area contributed by atoms with Crippen LogP contribution in [0.15, 0.2) is 18.2 Å². The van der Waals surface area contributed by atoms with E-state index in [1.54, 1.807) is 13.1 Å². The highest BCUT2D eigenvalue weighted by Crippen LogP contribution is 2.20. The minimum Gasteiger partial charge on any atom is -0.377 e. The van der Waals surface area contributed by atoms with E-state index >= 15 is 0 Å². The van der Waals surface area contributed by atoms with Crippen LogP contribution in [0.1, 0.15) is 24.2 Å². The summed E-state index contributed by atoms with van der Waals surface area (Å²) in [4.78, 5) is 24.0. The summed E-state index contributed by atoms with van der Waals surface area (Å²) in [6.07, 6.45) is 0.108. The summed E-state index contributed by atoms with van der Waals surface area (Å²) in [6, 6.07) is 4.27. The van der Waals surface area contributed by atoms with E-state index in [2.05, 4.69) is 0 Å². The van der Waals surface area contributed by atoms with Gasteiger partial charge in [0.2, 0.25) is 0 Å². The summed E-state index contributed by atoms with van der Waals surface area (Å²) in [5.41, 5.74) is 0.257. The second-order valence-corrected chi connectivity index (χ2v) is 5.73. The molecule has 0 heterocycles. The first kappa shape index (κ1) is 16.8. The number of hydrogen-bond donors (Lipinski definition) is 0. The smallest absolute Gasteiger partial charge is 0.270 e. The molecule has 0 fully saturated rings. The van der Waals surface area contributed by atoms with E-state index in [1.165, 1.54) is 17.0 Å². The van der Waals surface area contributed by atoms with Gasteiger partial charge in [-0.15, -0.1) is 0 Å². The van der Waals surface area contributed by atoms with Gasteiger partial charge in [-0.25, -0.2) is 0 Å². The minimum atomic E-state index is -0.505. The fourth-order valence-corrected chi connectivity index (χ4v) is 2.09. The Morgan fingerprint density at radius 3 is 2.70 bits per heavy atom. The lowest BCUT2D eigenvalue weighted by atomic mass is 10.2. The van der Waals surface area contributed by atoms with Gasteiger partial charge in [0.15, 0.2) is 0 Å². The second kappa shape index (κ2) is 7.53. The Labute approximate surface area is 131 Å². The van der Waals surface area contributed by atoms with Crippen molar-refractivity contribution in [2.75, 3.05) is 20.2 Å². The summed E-state index contributed by atoms with van der Waals surface area (Å²) >= 11 is 2.00. The fraction of sp³-hybridized carbons (Fsp3) is 0.462. The number of nitro groups is 1. The van der Waals surface area contributed by atoms with Gasteiger partial charge in [0.05, 0.1) is 23.2 Å². The van der Waals surface area contributed by atoms with E-state index < -0.39 is 4.92 Å². The summed E-state index contributed by atoms with van der Waals surface area (Å²) in [7, 11) is 1.65. The SMILES string of the molecule is CC(C)OCCN(C)C(=O)c1cc([N+](=O)[O-])ccc1I. The van der Waals surface area contributed by atoms with E-state index in [1.807, 2.05) is 36.4 Å². The van der Waals surface area contributed by atoms with Crippen molar-refractivity contribution in [2.24, 2.45) is 0 Å². The molecule has 0 bridgehead atoms. The minimum absolute atomic E-state index is 0.0828. The van der Waals surface area contributed by atoms with E-state index in [9.17, 15) is 14.9 Å². The molecule has 0 saturated heterocycles. The molecule has 0 unspecified atom stereocenters. The van der Waals surface area contributed by atoms with Gasteiger partial charge in [-0.3, -0.25) is 14.9 Å². The molecule has 20 heavy (non-hydrogen) atoms. The van der Waals surface area contributed by atoms with Gasteiger partial charge in [-0.05, 0) is 42.5 Å². The van der Waals surface area contributed by atoms with Gasteiger partial charge in [0.1, 0.15) is 0 Å². The predicted octanol–water partition coefficient (Wildman–Crippen LogP) is 2.70. The zero-order valence-corrected chi connectivity index (χ0v) is 13.8. The standard InChI is InChI=1S/C13H17IN2O4/c1-9(2)20-7-6-15(3)13(17)11-8-10(16(18)19)4-5-12(11)14/h4-5,8-9H,6-7H2,1-3H3. The summed E-state index contributed by atoms with van der Waals surface area (Å²) in [5.74, 6) is -0.245. The van der Waals surface area contributed by atoms with E-state index in [-0.39, 0.29) is 17.7 Å². The Kier molecular flexibility index (Phi) is 6.34. The molecule has 1 rings (SSSR count). The van der Waals surface area contributed by atoms with Crippen LogP contribution in [0.4, 0.5) is 5.69 Å². The van der Waals surface area contributed by atoms with Crippen molar-refractivity contribution >= 4 is 34.2 Å². The topological polar surface area (TPSA) is 72.7 Å². The number of nitrogens with zero attached hydrogens (tertiary/aromatic N) is 2. The number of carbonyl (C=O) groups is 1. The molecule has 0 radical (unpaired) electrons. The average molecular weight is 392 g/mol. The number of amides is 1. The Morgan fingerprint density at radius 1 is 1.50 bits per heavy atom. The van der Waals surface area contributed by atoms with Crippen LogP contribution in [-0.4, -0.2) is 42.0 Å². The molecule has 1 amide bonds. The normalized spacial score (nSPS) is 10.7. The second-order valence-electron chi connectivity index (χ2n) is 4.57. The predicted molar refractivity (Wildman–Crippen MR) is 83.9 cm³/mol. The van der Waals surface area contributed by atoms with Crippen LogP contribution in [-0.2, 0) is 4.74 Å². The number of ether oxygens (including phenoxy) is 1. The Hall–Kier alpha value is -1.22. The van der Waals surface area contributed by atoms with Crippen LogP contribution in [0.3, 0.4) is 0 Å². The molecule has 7 heteroatoms. The van der Waals surface area contributed by atoms with Gasteiger partial charge in [0.25, 0.3) is 11.6 Å². The molecule has 0 saturated carbocycles. The fourth-order valence-electron chi connectivity index (χ4n) is 1.52. The van der Waals surface area contributed by atoms with E-state index in [0.717, 1.165) is 0 Å². The molecule has 0 aliphatic heterocycles. The first-order valence-corrected chi connectivity index (χ1v) is 7.21. The number of nitro benzene ring substituents is 1. The van der Waals surface area contributed by atoms with Gasteiger partial charge < -0.3 is 9.64 Å². The zero-order valence-electron chi connectivity index (χ0n) is 11.6. The van der Waals surface area contributed by atoms with Gasteiger partial charge >= 0.3 is 0 Å². The number of hydrogen-bond acceptors (Lipinski definition) is 4. The third-order valence-corrected chi connectivity index (χ3v) is 3.56. The molecule has 1 aromatic carbocycles. The first-order valence-electron chi connectivity index (χ1n) is 6.14. The third-order valence-electron chi connectivity index (χ3n) is 2.62. The Morgan fingerprint density at radius 2 is 2.15 bits per heavy atom. The Balaban J connectivity index is 2.80. The lowest BCUT2D eigenvalue weighted by Crippen LogP contribution is -2.31. The van der Waals surface area contributed by atoms with Crippen LogP contribution in [0.25, 0.3) is 0 Å². The summed E-state index contributed by atoms with van der Waals surface area (Å²) in [6.45, 7) is 4.72. The molecule has 110 valence electrons. The highest BCUT2D eigenvalue weighted by atomic mass is 127. The van der Waals surface area contributed by atoms with Crippen LogP contribution < -0.4 is 0 Å². The van der Waals surface area contributed by atoms with Crippen molar-refractivity contribution in [2.45, 2.75) is 20.0 Å². The molecule has 0 atom stereocenters. The number of halogens is 1. The van der Waals surface area contributed by atoms with Gasteiger partial charge in [0, 0.05) is 29.3 Å². The Bertz CT molecular complexity index is 505. The number of carbonyl (C=O) groups excluding carboxylic acids is 1. The molecule has 0 N–H and O–H groups in total. The molecular weight excluding hydrogens is 375 g/mol. The maximum Gasteiger partial charge on any atom is 0.270 e. The third kappa shape index (κ3) is 4.71. The summed E-state index contributed by atoms with van der Waals surface area (Å²) in [5, 5.41) is 10.8. The number of rotatable bonds is 6. The molecule has 0 aliphatic rings. The largest absolute Gasteiger partial charge is 0.377 e. The molecule has 0 aliphatic carbocycles. The van der Waals surface area contributed by atoms with Crippen molar-refractivity contribution < 1.29 is 14.5 Å². The van der Waals surface area contributed by atoms with Crippen LogP contribution in [0.2, 0.25) is 0 Å². The van der Waals surface area contributed by atoms with Crippen molar-refractivity contribution in [1.82, 2.24) is 4.90 Å². The molecule has 0 spiro atoms. The monoisotopic (exact) mass is 392 g/mol. The van der Waals surface area contributed by atoms with E-state index in [0.29, 0.717) is 22.3 Å². The number of benzene rings is 1. The van der Waals surface area contributed by atoms with E-state index in [4.69, 9.17) is 4.74 Å². The van der Waals surface area contributed by atoms with Crippen molar-refractivity contribution in [3.8, 4) is 0 Å². The first-order chi connectivity index (χ1) is 9.32. The van der Waals surface area contributed by atoms with Crippen LogP contribution in [0, 0.1) is 13.7 Å². The number of non-ortho nitro benzene ring substituents is 1. The van der Waals surface area contributed by atoms with Crippen molar-refractivity contribution in [3.05, 3.63) is 37.4 Å². The number of likely N-dealkylation sites (N-methyl/N-ethyl adjacent to an activating group) is 1. The lowest BCUT2D eigenvalue weighted by molar-refractivity contribution is -0.384. The van der Waals surface area contributed by atoms with Gasteiger partial charge in [-0.2, -0.15) is 0 Å². The van der Waals surface area contributed by atoms with Crippen LogP contribution >= 0.6 is 22.6 Å². The molecule has 6 nitrogen and oxygen atoms in total. The quantitative estimate of drug-likeness (QED) is 0.424. The maximum atomic E-state index is 12.3. The highest BCUT2D eigenvalue weighted by molar-refractivity contribution is 14.1. The molecule has 0 aromatic heterocycles. The maximum absolute atomic E-state index is 12.3.